The van der Waals surface area contributed by atoms with Crippen LogP contribution < -0.4 is 10.6 Å². The van der Waals surface area contributed by atoms with Crippen LogP contribution in [-0.2, 0) is 21.5 Å². The third-order valence-electron chi connectivity index (χ3n) is 5.67. The molecule has 0 saturated heterocycles. The maximum Gasteiger partial charge on any atom is 0.230 e. The smallest absolute Gasteiger partial charge is 0.230 e. The van der Waals surface area contributed by atoms with Gasteiger partial charge >= 0.3 is 0 Å². The number of carbonyl (C=O) groups excluding carboxylic acids is 2. The lowest BCUT2D eigenvalue weighted by atomic mass is 9.63. The van der Waals surface area contributed by atoms with Crippen LogP contribution in [0.1, 0.15) is 43.2 Å². The van der Waals surface area contributed by atoms with Crippen LogP contribution in [0.5, 0.6) is 0 Å². The van der Waals surface area contributed by atoms with Crippen molar-refractivity contribution in [3.8, 4) is 0 Å². The van der Waals surface area contributed by atoms with Crippen molar-refractivity contribution in [3.05, 3.63) is 65.2 Å². The van der Waals surface area contributed by atoms with Gasteiger partial charge in [-0.05, 0) is 61.1 Å². The van der Waals surface area contributed by atoms with Crippen LogP contribution in [0.2, 0.25) is 0 Å². The fourth-order valence-corrected chi connectivity index (χ4v) is 3.70. The zero-order valence-corrected chi connectivity index (χ0v) is 15.4. The van der Waals surface area contributed by atoms with Gasteiger partial charge in [0.15, 0.2) is 0 Å². The number of anilines is 1. The first-order chi connectivity index (χ1) is 13.5. The summed E-state index contributed by atoms with van der Waals surface area (Å²) in [7, 11) is 0. The fraction of sp³-hybridized carbons (Fsp3) is 0.364. The van der Waals surface area contributed by atoms with E-state index in [4.69, 9.17) is 0 Å². The minimum atomic E-state index is -0.661. The second kappa shape index (κ2) is 7.34. The molecule has 2 aliphatic rings. The number of rotatable bonds is 6. The van der Waals surface area contributed by atoms with Gasteiger partial charge in [-0.25, -0.2) is 8.78 Å². The van der Waals surface area contributed by atoms with Gasteiger partial charge in [-0.1, -0.05) is 18.6 Å². The normalized spacial score (nSPS) is 17.5. The summed E-state index contributed by atoms with van der Waals surface area (Å²) < 4.78 is 26.7. The average molecular weight is 384 g/mol. The first-order valence-corrected chi connectivity index (χ1v) is 9.61. The molecule has 0 aromatic heterocycles. The largest absolute Gasteiger partial charge is 0.351 e. The first kappa shape index (κ1) is 18.6. The van der Waals surface area contributed by atoms with E-state index in [1.807, 2.05) is 24.3 Å². The SMILES string of the molecule is O=C(Nc1ccc(C2(C(=O)NCc3cc(F)cc(F)c3)CCC2)cc1)C1CC1. The number of benzene rings is 2. The molecule has 28 heavy (non-hydrogen) atoms. The number of hydrogen-bond donors (Lipinski definition) is 2. The van der Waals surface area contributed by atoms with E-state index in [2.05, 4.69) is 10.6 Å². The van der Waals surface area contributed by atoms with Gasteiger partial charge < -0.3 is 10.6 Å². The summed E-state index contributed by atoms with van der Waals surface area (Å²) in [5.74, 6) is -1.28. The van der Waals surface area contributed by atoms with E-state index < -0.39 is 17.0 Å². The molecule has 0 radical (unpaired) electrons. The Morgan fingerprint density at radius 1 is 1.00 bits per heavy atom. The predicted molar refractivity (Wildman–Crippen MR) is 102 cm³/mol. The van der Waals surface area contributed by atoms with Crippen LogP contribution in [0.15, 0.2) is 42.5 Å². The number of carbonyl (C=O) groups is 2. The van der Waals surface area contributed by atoms with Crippen molar-refractivity contribution in [2.75, 3.05) is 5.32 Å². The van der Waals surface area contributed by atoms with Crippen LogP contribution in [0.25, 0.3) is 0 Å². The Hall–Kier alpha value is -2.76. The van der Waals surface area contributed by atoms with E-state index in [9.17, 15) is 18.4 Å². The molecule has 4 nitrogen and oxygen atoms in total. The summed E-state index contributed by atoms with van der Waals surface area (Å²) in [6.07, 6.45) is 4.29. The van der Waals surface area contributed by atoms with Crippen molar-refractivity contribution < 1.29 is 18.4 Å². The van der Waals surface area contributed by atoms with Gasteiger partial charge in [0.25, 0.3) is 0 Å². The third-order valence-corrected chi connectivity index (χ3v) is 5.67. The second-order valence-electron chi connectivity index (χ2n) is 7.74. The zero-order valence-electron chi connectivity index (χ0n) is 15.4. The van der Waals surface area contributed by atoms with Crippen molar-refractivity contribution in [1.82, 2.24) is 5.32 Å². The van der Waals surface area contributed by atoms with Gasteiger partial charge in [-0.15, -0.1) is 0 Å². The van der Waals surface area contributed by atoms with Crippen LogP contribution >= 0.6 is 0 Å². The van der Waals surface area contributed by atoms with Crippen LogP contribution in [0.3, 0.4) is 0 Å². The highest BCUT2D eigenvalue weighted by Crippen LogP contribution is 2.44. The van der Waals surface area contributed by atoms with Crippen molar-refractivity contribution >= 4 is 17.5 Å². The molecule has 2 fully saturated rings. The van der Waals surface area contributed by atoms with E-state index in [1.165, 1.54) is 12.1 Å². The monoisotopic (exact) mass is 384 g/mol. The van der Waals surface area contributed by atoms with Crippen LogP contribution in [0, 0.1) is 17.6 Å². The Balaban J connectivity index is 1.43. The molecule has 0 unspecified atom stereocenters. The van der Waals surface area contributed by atoms with Gasteiger partial charge in [-0.2, -0.15) is 0 Å². The summed E-state index contributed by atoms with van der Waals surface area (Å²) in [5.41, 5.74) is 1.39. The molecule has 6 heteroatoms. The maximum absolute atomic E-state index is 13.3. The second-order valence-corrected chi connectivity index (χ2v) is 7.74. The van der Waals surface area contributed by atoms with E-state index >= 15 is 0 Å². The van der Waals surface area contributed by atoms with Gasteiger partial charge in [0, 0.05) is 24.2 Å². The molecule has 2 amide bonds. The summed E-state index contributed by atoms with van der Waals surface area (Å²) in [5, 5.41) is 5.72. The van der Waals surface area contributed by atoms with Crippen molar-refractivity contribution in [2.24, 2.45) is 5.92 Å². The van der Waals surface area contributed by atoms with E-state index in [0.29, 0.717) is 5.56 Å². The molecule has 4 rings (SSSR count). The highest BCUT2D eigenvalue weighted by molar-refractivity contribution is 5.94. The molecule has 2 aromatic rings. The van der Waals surface area contributed by atoms with Crippen LogP contribution in [0.4, 0.5) is 14.5 Å². The highest BCUT2D eigenvalue weighted by atomic mass is 19.1. The van der Waals surface area contributed by atoms with Crippen molar-refractivity contribution in [1.29, 1.82) is 0 Å². The van der Waals surface area contributed by atoms with Crippen molar-refractivity contribution in [2.45, 2.75) is 44.1 Å². The molecule has 2 aliphatic carbocycles. The Labute approximate surface area is 162 Å². The summed E-state index contributed by atoms with van der Waals surface area (Å²) in [4.78, 5) is 24.8. The molecule has 0 aliphatic heterocycles. The molecule has 146 valence electrons. The number of nitrogens with one attached hydrogen (secondary N) is 2. The van der Waals surface area contributed by atoms with Gasteiger partial charge in [0.05, 0.1) is 5.41 Å². The van der Waals surface area contributed by atoms with E-state index in [-0.39, 0.29) is 24.3 Å². The van der Waals surface area contributed by atoms with Crippen LogP contribution in [-0.4, -0.2) is 11.8 Å². The summed E-state index contributed by atoms with van der Waals surface area (Å²) in [6.45, 7) is 0.0742. The lowest BCUT2D eigenvalue weighted by molar-refractivity contribution is -0.130. The lowest BCUT2D eigenvalue weighted by Crippen LogP contribution is -2.49. The molecule has 2 N–H and O–H groups in total. The van der Waals surface area contributed by atoms with Gasteiger partial charge in [0.1, 0.15) is 11.6 Å². The molecular formula is C22H22F2N2O2. The third kappa shape index (κ3) is 3.77. The number of hydrogen-bond acceptors (Lipinski definition) is 2. The lowest BCUT2D eigenvalue weighted by Gasteiger charge is -2.40. The number of amides is 2. The maximum atomic E-state index is 13.3. The van der Waals surface area contributed by atoms with E-state index in [0.717, 1.165) is 49.4 Å². The Morgan fingerprint density at radius 3 is 2.18 bits per heavy atom. The Bertz CT molecular complexity index is 883. The van der Waals surface area contributed by atoms with Gasteiger partial charge in [-0.3, -0.25) is 9.59 Å². The quantitative estimate of drug-likeness (QED) is 0.789. The zero-order chi connectivity index (χ0) is 19.7. The molecule has 0 spiro atoms. The average Bonchev–Trinajstić information content (AvgIpc) is 3.45. The summed E-state index contributed by atoms with van der Waals surface area (Å²) in [6, 6.07) is 10.6. The Morgan fingerprint density at radius 2 is 1.64 bits per heavy atom. The molecular weight excluding hydrogens is 362 g/mol. The fourth-order valence-electron chi connectivity index (χ4n) is 3.70. The van der Waals surface area contributed by atoms with Crippen molar-refractivity contribution in [3.63, 3.8) is 0 Å². The molecule has 0 bridgehead atoms. The summed E-state index contributed by atoms with van der Waals surface area (Å²) >= 11 is 0. The topological polar surface area (TPSA) is 58.2 Å². The van der Waals surface area contributed by atoms with Gasteiger partial charge in [0.2, 0.25) is 11.8 Å². The molecule has 0 atom stereocenters. The standard InChI is InChI=1S/C22H22F2N2O2/c23-17-10-14(11-18(24)12-17)13-25-21(28)22(8-1-9-22)16-4-6-19(7-5-16)26-20(27)15-2-3-15/h4-7,10-12,15H,1-3,8-9,13H2,(H,25,28)(H,26,27). The minimum absolute atomic E-state index is 0.0474. The number of halogens is 2. The molecule has 0 heterocycles. The predicted octanol–water partition coefficient (Wildman–Crippen LogP) is 4.05. The van der Waals surface area contributed by atoms with E-state index in [1.54, 1.807) is 0 Å². The molecule has 2 saturated carbocycles. The minimum Gasteiger partial charge on any atom is -0.351 e. The first-order valence-electron chi connectivity index (χ1n) is 9.61. The Kier molecular flexibility index (Phi) is 4.87. The highest BCUT2D eigenvalue weighted by Gasteiger charge is 2.45. The molecule has 2 aromatic carbocycles.